The summed E-state index contributed by atoms with van der Waals surface area (Å²) >= 11 is 6.09. The highest BCUT2D eigenvalue weighted by molar-refractivity contribution is 7.90. The maximum absolute atomic E-state index is 11.9. The molecule has 178 valence electrons. The van der Waals surface area contributed by atoms with Gasteiger partial charge in [0.05, 0.1) is 18.0 Å². The minimum absolute atomic E-state index is 0.198. The van der Waals surface area contributed by atoms with Crippen molar-refractivity contribution >= 4 is 38.9 Å². The van der Waals surface area contributed by atoms with Gasteiger partial charge in [0.25, 0.3) is 6.29 Å². The van der Waals surface area contributed by atoms with Crippen LogP contribution in [-0.2, 0) is 24.0 Å². The van der Waals surface area contributed by atoms with E-state index >= 15 is 0 Å². The zero-order valence-corrected chi connectivity index (χ0v) is 20.1. The van der Waals surface area contributed by atoms with Crippen LogP contribution in [0.4, 0.5) is 17.5 Å². The molecule has 1 aliphatic heterocycles. The molecule has 0 saturated carbocycles. The lowest BCUT2D eigenvalue weighted by Gasteiger charge is -2.24. The first kappa shape index (κ1) is 23.8. The minimum Gasteiger partial charge on any atom is -0.453 e. The second-order valence-corrected chi connectivity index (χ2v) is 9.86. The Morgan fingerprint density at radius 2 is 2.00 bits per heavy atom. The normalized spacial score (nSPS) is 15.3. The fraction of sp³-hybridized carbons (Fsp3) is 0.217. The lowest BCUT2D eigenvalue weighted by atomic mass is 10.2. The lowest BCUT2D eigenvalue weighted by Crippen LogP contribution is -2.28. The van der Waals surface area contributed by atoms with E-state index in [9.17, 15) is 8.42 Å². The number of halogens is 1. The van der Waals surface area contributed by atoms with Crippen LogP contribution in [0.2, 0.25) is 5.02 Å². The summed E-state index contributed by atoms with van der Waals surface area (Å²) in [5, 5.41) is 3.63. The van der Waals surface area contributed by atoms with E-state index in [1.807, 2.05) is 12.1 Å². The minimum atomic E-state index is -3.34. The third kappa shape index (κ3) is 5.77. The molecule has 1 unspecified atom stereocenters. The number of aromatic nitrogens is 2. The van der Waals surface area contributed by atoms with Crippen LogP contribution in [0.3, 0.4) is 0 Å². The van der Waals surface area contributed by atoms with Crippen LogP contribution in [0.25, 0.3) is 0 Å². The van der Waals surface area contributed by atoms with E-state index in [1.165, 1.54) is 18.4 Å². The van der Waals surface area contributed by atoms with Gasteiger partial charge in [-0.25, -0.2) is 13.4 Å². The summed E-state index contributed by atoms with van der Waals surface area (Å²) in [5.41, 5.74) is 1.32. The molecule has 1 aliphatic rings. The average molecular weight is 503 g/mol. The Hall–Kier alpha value is -3.34. The van der Waals surface area contributed by atoms with E-state index in [4.69, 9.17) is 25.8 Å². The molecule has 2 heterocycles. The van der Waals surface area contributed by atoms with Gasteiger partial charge in [-0.05, 0) is 36.4 Å². The van der Waals surface area contributed by atoms with Crippen molar-refractivity contribution in [3.05, 3.63) is 83.5 Å². The van der Waals surface area contributed by atoms with Gasteiger partial charge < -0.3 is 19.5 Å². The monoisotopic (exact) mass is 502 g/mol. The maximum Gasteiger partial charge on any atom is 0.268 e. The number of hydrogen-bond acceptors (Lipinski definition) is 9. The number of ether oxygens (including phenoxy) is 3. The standard InChI is InChI=1S/C23H23ClN4O5S/c1-31-12-11-28(21-15-32-22(33-21)16-5-3-6-17(24)13-16)20-9-10-25-23(27-20)26-18-7-4-8-19(14-18)34(2,29)30/h3-10,13-15,22H,11-12H2,1-2H3,(H,25,26,27). The number of benzene rings is 2. The predicted molar refractivity (Wildman–Crippen MR) is 129 cm³/mol. The van der Waals surface area contributed by atoms with E-state index < -0.39 is 16.1 Å². The van der Waals surface area contributed by atoms with Gasteiger partial charge in [-0.3, -0.25) is 4.90 Å². The third-order valence-corrected chi connectivity index (χ3v) is 6.21. The van der Waals surface area contributed by atoms with Gasteiger partial charge in [-0.2, -0.15) is 4.98 Å². The fourth-order valence-corrected chi connectivity index (χ4v) is 4.09. The molecule has 0 bridgehead atoms. The first-order valence-electron chi connectivity index (χ1n) is 10.3. The highest BCUT2D eigenvalue weighted by Crippen LogP contribution is 2.33. The van der Waals surface area contributed by atoms with Crippen molar-refractivity contribution in [2.45, 2.75) is 11.2 Å². The Labute approximate surface area is 202 Å². The molecule has 1 aromatic heterocycles. The summed E-state index contributed by atoms with van der Waals surface area (Å²) in [7, 11) is -1.73. The molecule has 0 amide bonds. The Balaban J connectivity index is 1.55. The van der Waals surface area contributed by atoms with Crippen LogP contribution in [0.1, 0.15) is 11.9 Å². The molecular weight excluding hydrogens is 480 g/mol. The van der Waals surface area contributed by atoms with E-state index in [2.05, 4.69) is 15.3 Å². The van der Waals surface area contributed by atoms with Crippen molar-refractivity contribution < 1.29 is 22.6 Å². The third-order valence-electron chi connectivity index (χ3n) is 4.86. The first-order chi connectivity index (χ1) is 16.3. The summed E-state index contributed by atoms with van der Waals surface area (Å²) in [4.78, 5) is 10.8. The predicted octanol–water partition coefficient (Wildman–Crippen LogP) is 4.27. The quantitative estimate of drug-likeness (QED) is 0.459. The molecule has 2 aromatic carbocycles. The highest BCUT2D eigenvalue weighted by Gasteiger charge is 2.27. The van der Waals surface area contributed by atoms with E-state index in [0.717, 1.165) is 11.8 Å². The number of nitrogens with zero attached hydrogens (tertiary/aromatic N) is 3. The number of methoxy groups -OCH3 is 1. The van der Waals surface area contributed by atoms with Crippen LogP contribution in [0, 0.1) is 0 Å². The number of rotatable bonds is 9. The van der Waals surface area contributed by atoms with Crippen LogP contribution in [0.15, 0.2) is 77.8 Å². The molecule has 11 heteroatoms. The number of anilines is 3. The van der Waals surface area contributed by atoms with Gasteiger partial charge in [-0.15, -0.1) is 0 Å². The van der Waals surface area contributed by atoms with Crippen molar-refractivity contribution in [3.63, 3.8) is 0 Å². The maximum atomic E-state index is 11.9. The molecule has 0 saturated heterocycles. The van der Waals surface area contributed by atoms with Crippen molar-refractivity contribution in [3.8, 4) is 0 Å². The molecule has 4 rings (SSSR count). The van der Waals surface area contributed by atoms with Gasteiger partial charge in [0.15, 0.2) is 9.84 Å². The number of sulfone groups is 1. The average Bonchev–Trinajstić information content (AvgIpc) is 3.29. The molecule has 9 nitrogen and oxygen atoms in total. The smallest absolute Gasteiger partial charge is 0.268 e. The first-order valence-corrected chi connectivity index (χ1v) is 12.5. The van der Waals surface area contributed by atoms with Crippen molar-refractivity contribution in [1.29, 1.82) is 0 Å². The Morgan fingerprint density at radius 1 is 1.18 bits per heavy atom. The Kier molecular flexibility index (Phi) is 7.20. The molecule has 0 fully saturated rings. The van der Waals surface area contributed by atoms with Gasteiger partial charge >= 0.3 is 0 Å². The molecule has 34 heavy (non-hydrogen) atoms. The van der Waals surface area contributed by atoms with Gasteiger partial charge in [0.2, 0.25) is 11.8 Å². The molecule has 1 N–H and O–H groups in total. The molecule has 3 aromatic rings. The zero-order valence-electron chi connectivity index (χ0n) is 18.5. The largest absolute Gasteiger partial charge is 0.453 e. The number of nitrogens with one attached hydrogen (secondary N) is 1. The van der Waals surface area contributed by atoms with Crippen molar-refractivity contribution in [1.82, 2.24) is 9.97 Å². The Morgan fingerprint density at radius 3 is 2.76 bits per heavy atom. The second-order valence-electron chi connectivity index (χ2n) is 7.40. The SMILES string of the molecule is COCCN(C1=COC(c2cccc(Cl)c2)O1)c1ccnc(Nc2cccc(S(C)(=O)=O)c2)n1. The Bertz CT molecular complexity index is 1300. The molecule has 0 radical (unpaired) electrons. The van der Waals surface area contributed by atoms with Crippen LogP contribution >= 0.6 is 11.6 Å². The van der Waals surface area contributed by atoms with Crippen LogP contribution < -0.4 is 10.2 Å². The van der Waals surface area contributed by atoms with Gasteiger partial charge in [0.1, 0.15) is 12.1 Å². The summed E-state index contributed by atoms with van der Waals surface area (Å²) in [6.07, 6.45) is 3.63. The summed E-state index contributed by atoms with van der Waals surface area (Å²) in [6.45, 7) is 0.847. The van der Waals surface area contributed by atoms with Crippen molar-refractivity contribution in [2.75, 3.05) is 36.7 Å². The van der Waals surface area contributed by atoms with Crippen LogP contribution in [-0.4, -0.2) is 44.9 Å². The van der Waals surface area contributed by atoms with Gasteiger partial charge in [0, 0.05) is 35.8 Å². The summed E-state index contributed by atoms with van der Waals surface area (Å²) < 4.78 is 40.7. The molecule has 1 atom stereocenters. The van der Waals surface area contributed by atoms with E-state index in [-0.39, 0.29) is 10.8 Å². The summed E-state index contributed by atoms with van der Waals surface area (Å²) in [5.74, 6) is 1.28. The molecule has 0 spiro atoms. The molecule has 0 aliphatic carbocycles. The van der Waals surface area contributed by atoms with Crippen molar-refractivity contribution in [2.24, 2.45) is 0 Å². The topological polar surface area (TPSA) is 103 Å². The summed E-state index contributed by atoms with van der Waals surface area (Å²) in [6, 6.07) is 15.4. The lowest BCUT2D eigenvalue weighted by molar-refractivity contribution is -0.0353. The zero-order chi connectivity index (χ0) is 24.1. The van der Waals surface area contributed by atoms with E-state index in [1.54, 1.807) is 48.5 Å². The van der Waals surface area contributed by atoms with E-state index in [0.29, 0.717) is 35.6 Å². The molecular formula is C23H23ClN4O5S. The highest BCUT2D eigenvalue weighted by atomic mass is 35.5. The second kappa shape index (κ2) is 10.3. The fourth-order valence-electron chi connectivity index (χ4n) is 3.23. The van der Waals surface area contributed by atoms with Crippen LogP contribution in [0.5, 0.6) is 0 Å². The number of hydrogen-bond donors (Lipinski definition) is 1. The van der Waals surface area contributed by atoms with Gasteiger partial charge in [-0.1, -0.05) is 29.8 Å².